The minimum absolute atomic E-state index is 0.210. The number of hydrogen-bond acceptors (Lipinski definition) is 6. The molecule has 1 heterocycles. The number of para-hydroxylation sites is 1. The van der Waals surface area contributed by atoms with Gasteiger partial charge >= 0.3 is 11.9 Å². The monoisotopic (exact) mass is 446 g/mol. The van der Waals surface area contributed by atoms with Gasteiger partial charge in [-0.1, -0.05) is 46.3 Å². The number of benzene rings is 2. The predicted octanol–water partition coefficient (Wildman–Crippen LogP) is 4.26. The molecule has 1 fully saturated rings. The first-order valence-corrected chi connectivity index (χ1v) is 9.31. The fraction of sp³-hybridized carbons (Fsp3) is 0.238. The molecule has 2 aromatic rings. The SMILES string of the molecule is COc1cccc(C=C2C(=O)OC(C)(C)OC2=O)c1OCc1ccccc1Br. The fourth-order valence-corrected chi connectivity index (χ4v) is 3.06. The Morgan fingerprint density at radius 2 is 1.71 bits per heavy atom. The molecule has 2 aromatic carbocycles. The summed E-state index contributed by atoms with van der Waals surface area (Å²) in [5, 5.41) is 0. The third kappa shape index (κ3) is 4.36. The van der Waals surface area contributed by atoms with E-state index in [9.17, 15) is 9.59 Å². The summed E-state index contributed by atoms with van der Waals surface area (Å²) >= 11 is 3.48. The average molecular weight is 447 g/mol. The summed E-state index contributed by atoms with van der Waals surface area (Å²) in [6, 6.07) is 12.8. The van der Waals surface area contributed by atoms with E-state index in [0.717, 1.165) is 10.0 Å². The van der Waals surface area contributed by atoms with Crippen LogP contribution in [0.5, 0.6) is 11.5 Å². The number of ether oxygens (including phenoxy) is 4. The molecule has 3 rings (SSSR count). The van der Waals surface area contributed by atoms with Crippen LogP contribution in [0.25, 0.3) is 6.08 Å². The Balaban J connectivity index is 1.95. The average Bonchev–Trinajstić information content (AvgIpc) is 2.63. The van der Waals surface area contributed by atoms with Crippen LogP contribution >= 0.6 is 15.9 Å². The molecule has 0 spiro atoms. The van der Waals surface area contributed by atoms with Gasteiger partial charge in [-0.05, 0) is 18.2 Å². The van der Waals surface area contributed by atoms with Crippen LogP contribution in [0.15, 0.2) is 52.5 Å². The zero-order valence-corrected chi connectivity index (χ0v) is 17.2. The van der Waals surface area contributed by atoms with Crippen LogP contribution in [-0.2, 0) is 25.7 Å². The standard InChI is InChI=1S/C21H19BrO6/c1-21(2)27-19(23)15(20(24)28-21)11-13-8-6-10-17(25-3)18(13)26-12-14-7-4-5-9-16(14)22/h4-11H,12H2,1-3H3. The van der Waals surface area contributed by atoms with Gasteiger partial charge in [0, 0.05) is 29.4 Å². The van der Waals surface area contributed by atoms with Gasteiger partial charge in [0.05, 0.1) is 7.11 Å². The lowest BCUT2D eigenvalue weighted by molar-refractivity contribution is -0.222. The van der Waals surface area contributed by atoms with Crippen molar-refractivity contribution >= 4 is 33.9 Å². The van der Waals surface area contributed by atoms with Gasteiger partial charge in [-0.3, -0.25) is 0 Å². The quantitative estimate of drug-likeness (QED) is 0.388. The number of esters is 2. The summed E-state index contributed by atoms with van der Waals surface area (Å²) in [5.74, 6) is -1.92. The first kappa shape index (κ1) is 19.9. The van der Waals surface area contributed by atoms with E-state index in [1.54, 1.807) is 18.2 Å². The minimum atomic E-state index is -1.29. The molecule has 1 aliphatic heterocycles. The smallest absolute Gasteiger partial charge is 0.348 e. The molecule has 0 saturated carbocycles. The summed E-state index contributed by atoms with van der Waals surface area (Å²) in [7, 11) is 1.52. The number of cyclic esters (lactones) is 2. The van der Waals surface area contributed by atoms with Gasteiger partial charge in [0.25, 0.3) is 5.79 Å². The highest BCUT2D eigenvalue weighted by molar-refractivity contribution is 9.10. The highest BCUT2D eigenvalue weighted by atomic mass is 79.9. The van der Waals surface area contributed by atoms with E-state index >= 15 is 0 Å². The number of carbonyl (C=O) groups excluding carboxylic acids is 2. The molecule has 0 unspecified atom stereocenters. The largest absolute Gasteiger partial charge is 0.493 e. The number of hydrogen-bond donors (Lipinski definition) is 0. The summed E-state index contributed by atoms with van der Waals surface area (Å²) in [6.07, 6.45) is 1.39. The van der Waals surface area contributed by atoms with E-state index in [1.165, 1.54) is 27.0 Å². The van der Waals surface area contributed by atoms with Crippen LogP contribution in [0.4, 0.5) is 0 Å². The van der Waals surface area contributed by atoms with Crippen molar-refractivity contribution < 1.29 is 28.5 Å². The maximum absolute atomic E-state index is 12.2. The number of halogens is 1. The molecule has 0 aliphatic carbocycles. The topological polar surface area (TPSA) is 71.1 Å². The van der Waals surface area contributed by atoms with Crippen molar-refractivity contribution in [2.75, 3.05) is 7.11 Å². The van der Waals surface area contributed by atoms with Gasteiger partial charge < -0.3 is 18.9 Å². The van der Waals surface area contributed by atoms with Gasteiger partial charge in [-0.15, -0.1) is 0 Å². The van der Waals surface area contributed by atoms with Crippen molar-refractivity contribution in [1.82, 2.24) is 0 Å². The highest BCUT2D eigenvalue weighted by Crippen LogP contribution is 2.35. The summed E-state index contributed by atoms with van der Waals surface area (Å²) in [6.45, 7) is 3.26. The summed E-state index contributed by atoms with van der Waals surface area (Å²) in [5.41, 5.74) is 1.22. The minimum Gasteiger partial charge on any atom is -0.493 e. The van der Waals surface area contributed by atoms with Crippen LogP contribution in [-0.4, -0.2) is 24.8 Å². The van der Waals surface area contributed by atoms with Crippen molar-refractivity contribution in [3.05, 3.63) is 63.6 Å². The van der Waals surface area contributed by atoms with Crippen molar-refractivity contribution in [3.63, 3.8) is 0 Å². The number of methoxy groups -OCH3 is 1. The maximum Gasteiger partial charge on any atom is 0.348 e. The third-order valence-corrected chi connectivity index (χ3v) is 4.75. The lowest BCUT2D eigenvalue weighted by atomic mass is 10.1. The Kier molecular flexibility index (Phi) is 5.74. The van der Waals surface area contributed by atoms with Crippen LogP contribution in [0.1, 0.15) is 25.0 Å². The summed E-state index contributed by atoms with van der Waals surface area (Å²) in [4.78, 5) is 24.5. The summed E-state index contributed by atoms with van der Waals surface area (Å²) < 4.78 is 22.5. The normalized spacial score (nSPS) is 15.5. The van der Waals surface area contributed by atoms with Crippen LogP contribution in [0.2, 0.25) is 0 Å². The highest BCUT2D eigenvalue weighted by Gasteiger charge is 2.39. The predicted molar refractivity (Wildman–Crippen MR) is 106 cm³/mol. The molecule has 1 aliphatic rings. The second-order valence-electron chi connectivity index (χ2n) is 6.50. The van der Waals surface area contributed by atoms with Gasteiger partial charge in [0.1, 0.15) is 12.2 Å². The Labute approximate surface area is 171 Å². The van der Waals surface area contributed by atoms with Crippen LogP contribution < -0.4 is 9.47 Å². The van der Waals surface area contributed by atoms with Crippen LogP contribution in [0, 0.1) is 0 Å². The maximum atomic E-state index is 12.2. The lowest BCUT2D eigenvalue weighted by Crippen LogP contribution is -2.41. The van der Waals surface area contributed by atoms with E-state index < -0.39 is 17.7 Å². The van der Waals surface area contributed by atoms with Gasteiger partial charge in [-0.25, -0.2) is 9.59 Å². The number of carbonyl (C=O) groups is 2. The molecule has 0 aromatic heterocycles. The molecular formula is C21H19BrO6. The van der Waals surface area contributed by atoms with Crippen LogP contribution in [0.3, 0.4) is 0 Å². The first-order valence-electron chi connectivity index (χ1n) is 8.52. The lowest BCUT2D eigenvalue weighted by Gasteiger charge is -2.29. The molecule has 0 N–H and O–H groups in total. The Morgan fingerprint density at radius 3 is 2.36 bits per heavy atom. The Bertz CT molecular complexity index is 926. The second kappa shape index (κ2) is 8.06. The molecule has 7 heteroatoms. The molecule has 6 nitrogen and oxygen atoms in total. The van der Waals surface area contributed by atoms with Crippen molar-refractivity contribution in [3.8, 4) is 11.5 Å². The van der Waals surface area contributed by atoms with E-state index in [-0.39, 0.29) is 12.2 Å². The van der Waals surface area contributed by atoms with Gasteiger partial charge in [0.15, 0.2) is 11.5 Å². The molecule has 0 atom stereocenters. The first-order chi connectivity index (χ1) is 13.3. The molecular weight excluding hydrogens is 428 g/mol. The second-order valence-corrected chi connectivity index (χ2v) is 7.35. The Hall–Kier alpha value is -2.80. The number of rotatable bonds is 5. The van der Waals surface area contributed by atoms with E-state index in [2.05, 4.69) is 15.9 Å². The molecule has 0 radical (unpaired) electrons. The van der Waals surface area contributed by atoms with Crippen molar-refractivity contribution in [2.24, 2.45) is 0 Å². The van der Waals surface area contributed by atoms with Crippen molar-refractivity contribution in [1.29, 1.82) is 0 Å². The van der Waals surface area contributed by atoms with E-state index in [1.807, 2.05) is 24.3 Å². The molecule has 0 amide bonds. The van der Waals surface area contributed by atoms with Gasteiger partial charge in [-0.2, -0.15) is 0 Å². The van der Waals surface area contributed by atoms with Crippen molar-refractivity contribution in [2.45, 2.75) is 26.2 Å². The molecule has 28 heavy (non-hydrogen) atoms. The Morgan fingerprint density at radius 1 is 1.04 bits per heavy atom. The zero-order chi connectivity index (χ0) is 20.3. The van der Waals surface area contributed by atoms with E-state index in [0.29, 0.717) is 17.1 Å². The zero-order valence-electron chi connectivity index (χ0n) is 15.7. The van der Waals surface area contributed by atoms with E-state index in [4.69, 9.17) is 18.9 Å². The molecule has 0 bridgehead atoms. The van der Waals surface area contributed by atoms with Gasteiger partial charge in [0.2, 0.25) is 0 Å². The molecule has 1 saturated heterocycles. The molecule has 146 valence electrons. The third-order valence-electron chi connectivity index (χ3n) is 3.98. The fourth-order valence-electron chi connectivity index (χ4n) is 2.66.